The van der Waals surface area contributed by atoms with Gasteiger partial charge in [-0.25, -0.2) is 0 Å². The number of rotatable bonds is 5. The maximum absolute atomic E-state index is 12.7. The van der Waals surface area contributed by atoms with Crippen LogP contribution >= 0.6 is 0 Å². The van der Waals surface area contributed by atoms with Gasteiger partial charge in [-0.1, -0.05) is 51.3 Å². The molecule has 0 unspecified atom stereocenters. The number of benzene rings is 1. The third kappa shape index (κ3) is 4.94. The molecule has 142 valence electrons. The van der Waals surface area contributed by atoms with Crippen LogP contribution in [0.5, 0.6) is 0 Å². The lowest BCUT2D eigenvalue weighted by atomic mass is 9.95. The topological polar surface area (TPSA) is 71.1 Å². The van der Waals surface area contributed by atoms with E-state index in [1.165, 1.54) is 12.6 Å². The Morgan fingerprint density at radius 1 is 1.04 bits per heavy atom. The molecule has 0 saturated heterocycles. The Morgan fingerprint density at radius 3 is 2.52 bits per heavy atom. The van der Waals surface area contributed by atoms with Gasteiger partial charge in [-0.15, -0.1) is 0 Å². The van der Waals surface area contributed by atoms with Crippen molar-refractivity contribution in [1.29, 1.82) is 0 Å². The van der Waals surface area contributed by atoms with Gasteiger partial charge in [-0.05, 0) is 42.5 Å². The van der Waals surface area contributed by atoms with Crippen LogP contribution in [0.3, 0.4) is 0 Å². The molecule has 0 spiro atoms. The zero-order valence-corrected chi connectivity index (χ0v) is 16.0. The van der Waals surface area contributed by atoms with Crippen LogP contribution in [-0.4, -0.2) is 22.8 Å². The fourth-order valence-corrected chi connectivity index (χ4v) is 3.51. The van der Waals surface area contributed by atoms with E-state index in [9.17, 15) is 9.59 Å². The summed E-state index contributed by atoms with van der Waals surface area (Å²) in [6, 6.07) is 11.2. The predicted molar refractivity (Wildman–Crippen MR) is 107 cm³/mol. The number of carbonyl (C=O) groups is 2. The molecule has 3 rings (SSSR count). The number of aromatic nitrogens is 1. The van der Waals surface area contributed by atoms with Gasteiger partial charge in [0.2, 0.25) is 0 Å². The lowest BCUT2D eigenvalue weighted by molar-refractivity contribution is 0.0922. The molecular formula is C22H27N3O2. The van der Waals surface area contributed by atoms with E-state index in [0.717, 1.165) is 36.9 Å². The van der Waals surface area contributed by atoms with Crippen LogP contribution in [0.2, 0.25) is 0 Å². The van der Waals surface area contributed by atoms with Crippen molar-refractivity contribution in [1.82, 2.24) is 10.3 Å². The average molecular weight is 365 g/mol. The van der Waals surface area contributed by atoms with Crippen molar-refractivity contribution < 1.29 is 9.59 Å². The summed E-state index contributed by atoms with van der Waals surface area (Å²) in [6.07, 6.45) is 7.07. The Kier molecular flexibility index (Phi) is 6.22. The zero-order valence-electron chi connectivity index (χ0n) is 16.0. The lowest BCUT2D eigenvalue weighted by Gasteiger charge is -2.22. The van der Waals surface area contributed by atoms with Crippen molar-refractivity contribution in [2.24, 2.45) is 0 Å². The molecule has 0 atom stereocenters. The minimum absolute atomic E-state index is 0.209. The van der Waals surface area contributed by atoms with Crippen LogP contribution in [-0.2, 0) is 0 Å². The van der Waals surface area contributed by atoms with E-state index >= 15 is 0 Å². The fourth-order valence-electron chi connectivity index (χ4n) is 3.51. The zero-order chi connectivity index (χ0) is 19.2. The number of amides is 2. The normalized spacial score (nSPS) is 14.8. The summed E-state index contributed by atoms with van der Waals surface area (Å²) in [4.78, 5) is 29.3. The van der Waals surface area contributed by atoms with Gasteiger partial charge in [0.25, 0.3) is 11.8 Å². The van der Waals surface area contributed by atoms with Crippen molar-refractivity contribution in [2.45, 2.75) is 57.9 Å². The summed E-state index contributed by atoms with van der Waals surface area (Å²) in [5.41, 5.74) is 2.58. The van der Waals surface area contributed by atoms with Crippen LogP contribution in [0.1, 0.15) is 78.3 Å². The number of hydrogen-bond donors (Lipinski definition) is 2. The first-order chi connectivity index (χ1) is 13.0. The molecule has 1 aliphatic rings. The lowest BCUT2D eigenvalue weighted by Crippen LogP contribution is -2.36. The number of nitrogens with zero attached hydrogens (tertiary/aromatic N) is 1. The fraction of sp³-hybridized carbons (Fsp3) is 0.409. The Morgan fingerprint density at radius 2 is 1.78 bits per heavy atom. The highest BCUT2D eigenvalue weighted by Crippen LogP contribution is 2.24. The molecule has 5 nitrogen and oxygen atoms in total. The summed E-state index contributed by atoms with van der Waals surface area (Å²) >= 11 is 0. The van der Waals surface area contributed by atoms with E-state index in [-0.39, 0.29) is 23.6 Å². The number of carbonyl (C=O) groups excluding carboxylic acids is 2. The van der Waals surface area contributed by atoms with Crippen LogP contribution < -0.4 is 10.6 Å². The summed E-state index contributed by atoms with van der Waals surface area (Å²) in [6.45, 7) is 4.18. The molecule has 1 heterocycles. The second-order valence-electron chi connectivity index (χ2n) is 7.43. The number of anilines is 1. The second-order valence-corrected chi connectivity index (χ2v) is 7.43. The largest absolute Gasteiger partial charge is 0.348 e. The standard InChI is InChI=1S/C22H27N3O2/c1-15(2)18-10-6-7-11-19(18)25-21(26)16-12-13-23-20(14-16)22(27)24-17-8-4-3-5-9-17/h6-7,10-15,17H,3-5,8-9H2,1-2H3,(H,24,27)(H,25,26). The highest BCUT2D eigenvalue weighted by molar-refractivity contribution is 6.06. The minimum Gasteiger partial charge on any atom is -0.348 e. The average Bonchev–Trinajstić information content (AvgIpc) is 2.69. The van der Waals surface area contributed by atoms with Crippen molar-refractivity contribution in [2.75, 3.05) is 5.32 Å². The smallest absolute Gasteiger partial charge is 0.270 e. The van der Waals surface area contributed by atoms with Crippen LogP contribution in [0.15, 0.2) is 42.6 Å². The molecule has 2 amide bonds. The second kappa shape index (κ2) is 8.80. The van der Waals surface area contributed by atoms with Gasteiger partial charge in [-0.2, -0.15) is 0 Å². The third-order valence-electron chi connectivity index (χ3n) is 5.03. The number of hydrogen-bond acceptors (Lipinski definition) is 3. The molecule has 0 aliphatic heterocycles. The molecule has 1 fully saturated rings. The highest BCUT2D eigenvalue weighted by atomic mass is 16.2. The highest BCUT2D eigenvalue weighted by Gasteiger charge is 2.18. The van der Waals surface area contributed by atoms with Crippen molar-refractivity contribution in [3.05, 3.63) is 59.4 Å². The molecule has 5 heteroatoms. The van der Waals surface area contributed by atoms with Crippen molar-refractivity contribution in [3.8, 4) is 0 Å². The third-order valence-corrected chi connectivity index (χ3v) is 5.03. The predicted octanol–water partition coefficient (Wildman–Crippen LogP) is 4.52. The number of pyridine rings is 1. The number of para-hydroxylation sites is 1. The molecule has 0 radical (unpaired) electrons. The molecule has 27 heavy (non-hydrogen) atoms. The van der Waals surface area contributed by atoms with Crippen LogP contribution in [0.25, 0.3) is 0 Å². The summed E-state index contributed by atoms with van der Waals surface area (Å²) in [7, 11) is 0. The van der Waals surface area contributed by atoms with Gasteiger partial charge >= 0.3 is 0 Å². The minimum atomic E-state index is -0.239. The molecule has 2 N–H and O–H groups in total. The first kappa shape index (κ1) is 19.1. The van der Waals surface area contributed by atoms with Crippen molar-refractivity contribution >= 4 is 17.5 Å². The van der Waals surface area contributed by atoms with Gasteiger partial charge in [0.15, 0.2) is 0 Å². The maximum Gasteiger partial charge on any atom is 0.270 e. The van der Waals surface area contributed by atoms with E-state index in [4.69, 9.17) is 0 Å². The van der Waals surface area contributed by atoms with Crippen LogP contribution in [0, 0.1) is 0 Å². The van der Waals surface area contributed by atoms with Gasteiger partial charge in [0, 0.05) is 23.5 Å². The Hall–Kier alpha value is -2.69. The van der Waals surface area contributed by atoms with Gasteiger partial charge < -0.3 is 10.6 Å². The molecule has 1 aromatic heterocycles. The van der Waals surface area contributed by atoms with Gasteiger partial charge in [0.05, 0.1) is 0 Å². The molecule has 1 aromatic carbocycles. The van der Waals surface area contributed by atoms with E-state index in [1.54, 1.807) is 12.1 Å². The quantitative estimate of drug-likeness (QED) is 0.818. The monoisotopic (exact) mass is 365 g/mol. The summed E-state index contributed by atoms with van der Waals surface area (Å²) in [5, 5.41) is 6.00. The first-order valence-corrected chi connectivity index (χ1v) is 9.72. The van der Waals surface area contributed by atoms with Crippen LogP contribution in [0.4, 0.5) is 5.69 Å². The van der Waals surface area contributed by atoms with E-state index in [2.05, 4.69) is 29.5 Å². The summed E-state index contributed by atoms with van der Waals surface area (Å²) in [5.74, 6) is -0.146. The van der Waals surface area contributed by atoms with Gasteiger partial charge in [0.1, 0.15) is 5.69 Å². The Balaban J connectivity index is 1.71. The number of nitrogens with one attached hydrogen (secondary N) is 2. The molecule has 1 aliphatic carbocycles. The van der Waals surface area contributed by atoms with E-state index in [0.29, 0.717) is 11.5 Å². The van der Waals surface area contributed by atoms with E-state index < -0.39 is 0 Å². The molecule has 0 bridgehead atoms. The summed E-state index contributed by atoms with van der Waals surface area (Å²) < 4.78 is 0. The van der Waals surface area contributed by atoms with Crippen molar-refractivity contribution in [3.63, 3.8) is 0 Å². The SMILES string of the molecule is CC(C)c1ccccc1NC(=O)c1ccnc(C(=O)NC2CCCCC2)c1. The maximum atomic E-state index is 12.7. The molecular weight excluding hydrogens is 338 g/mol. The van der Waals surface area contributed by atoms with E-state index in [1.807, 2.05) is 24.3 Å². The molecule has 2 aromatic rings. The Bertz CT molecular complexity index is 811. The van der Waals surface area contributed by atoms with Gasteiger partial charge in [-0.3, -0.25) is 14.6 Å². The Labute approximate surface area is 160 Å². The molecule has 1 saturated carbocycles. The first-order valence-electron chi connectivity index (χ1n) is 9.72.